The Hall–Kier alpha value is -2.09. The first-order valence-electron chi connectivity index (χ1n) is 5.92. The van der Waals surface area contributed by atoms with Crippen LogP contribution in [0.2, 0.25) is 0 Å². The minimum atomic E-state index is -0.514. The highest BCUT2D eigenvalue weighted by Crippen LogP contribution is 2.26. The van der Waals surface area contributed by atoms with Crippen LogP contribution in [0, 0.1) is 21.4 Å². The van der Waals surface area contributed by atoms with Crippen LogP contribution >= 0.6 is 0 Å². The van der Waals surface area contributed by atoms with Gasteiger partial charge in [-0.1, -0.05) is 13.3 Å². The molecule has 0 radical (unpaired) electrons. The van der Waals surface area contributed by atoms with Crippen LogP contribution in [0.25, 0.3) is 0 Å². The fraction of sp³-hybridized carbons (Fsp3) is 0.462. The molecule has 18 heavy (non-hydrogen) atoms. The number of nitro benzene ring substituents is 1. The van der Waals surface area contributed by atoms with Gasteiger partial charge < -0.3 is 4.90 Å². The maximum Gasteiger partial charge on any atom is 0.289 e. The quantitative estimate of drug-likeness (QED) is 0.592. The molecule has 0 saturated heterocycles. The van der Waals surface area contributed by atoms with Gasteiger partial charge in [-0.3, -0.25) is 10.1 Å². The molecule has 0 N–H and O–H groups in total. The molecule has 0 aromatic heterocycles. The Morgan fingerprint density at radius 3 is 2.72 bits per heavy atom. The summed E-state index contributed by atoms with van der Waals surface area (Å²) < 4.78 is 0. The van der Waals surface area contributed by atoms with Crippen molar-refractivity contribution >= 4 is 11.4 Å². The third kappa shape index (κ3) is 2.98. The molecule has 1 atom stereocenters. The molecule has 1 aromatic rings. The van der Waals surface area contributed by atoms with E-state index in [1.165, 1.54) is 12.1 Å². The zero-order valence-corrected chi connectivity index (χ0v) is 10.9. The van der Waals surface area contributed by atoms with Gasteiger partial charge in [-0.05, 0) is 25.5 Å². The number of nitriles is 1. The summed E-state index contributed by atoms with van der Waals surface area (Å²) in [5.74, 6) is 0. The molecule has 0 aliphatic rings. The Labute approximate surface area is 107 Å². The maximum absolute atomic E-state index is 10.9. The molecule has 0 bridgehead atoms. The van der Waals surface area contributed by atoms with E-state index in [1.807, 2.05) is 18.0 Å². The number of hydrogen-bond acceptors (Lipinski definition) is 4. The van der Waals surface area contributed by atoms with E-state index < -0.39 is 4.92 Å². The summed E-state index contributed by atoms with van der Waals surface area (Å²) in [5.41, 5.74) is 0.729. The normalized spacial score (nSPS) is 11.7. The number of benzene rings is 1. The summed E-state index contributed by atoms with van der Waals surface area (Å²) in [5, 5.41) is 19.7. The lowest BCUT2D eigenvalue weighted by Crippen LogP contribution is -2.28. The fourth-order valence-electron chi connectivity index (χ4n) is 1.85. The van der Waals surface area contributed by atoms with Gasteiger partial charge in [0.25, 0.3) is 5.69 Å². The number of hydrogen-bond donors (Lipinski definition) is 0. The molecular formula is C13H17N3O2. The topological polar surface area (TPSA) is 70.2 Å². The maximum atomic E-state index is 10.9. The van der Waals surface area contributed by atoms with Crippen molar-refractivity contribution in [3.05, 3.63) is 33.9 Å². The first kappa shape index (κ1) is 14.0. The smallest absolute Gasteiger partial charge is 0.289 e. The van der Waals surface area contributed by atoms with Gasteiger partial charge in [0, 0.05) is 24.8 Å². The first-order valence-corrected chi connectivity index (χ1v) is 5.92. The predicted molar refractivity (Wildman–Crippen MR) is 70.6 cm³/mol. The summed E-state index contributed by atoms with van der Waals surface area (Å²) in [6, 6.07) is 6.86. The Morgan fingerprint density at radius 1 is 1.56 bits per heavy atom. The van der Waals surface area contributed by atoms with Gasteiger partial charge in [-0.2, -0.15) is 5.26 Å². The van der Waals surface area contributed by atoms with Gasteiger partial charge in [-0.15, -0.1) is 0 Å². The Bertz CT molecular complexity index is 480. The van der Waals surface area contributed by atoms with E-state index in [0.717, 1.165) is 18.5 Å². The molecule has 5 heteroatoms. The van der Waals surface area contributed by atoms with Crippen LogP contribution in [0.1, 0.15) is 32.3 Å². The molecule has 0 amide bonds. The molecule has 5 nitrogen and oxygen atoms in total. The van der Waals surface area contributed by atoms with E-state index in [4.69, 9.17) is 5.26 Å². The van der Waals surface area contributed by atoms with Crippen LogP contribution in [0.5, 0.6) is 0 Å². The predicted octanol–water partition coefficient (Wildman–Crippen LogP) is 3.09. The third-order valence-electron chi connectivity index (χ3n) is 3.07. The van der Waals surface area contributed by atoms with Crippen molar-refractivity contribution < 1.29 is 4.92 Å². The largest absolute Gasteiger partial charge is 0.372 e. The van der Waals surface area contributed by atoms with E-state index in [0.29, 0.717) is 6.04 Å². The zero-order valence-electron chi connectivity index (χ0n) is 10.9. The van der Waals surface area contributed by atoms with E-state index >= 15 is 0 Å². The van der Waals surface area contributed by atoms with Gasteiger partial charge >= 0.3 is 0 Å². The van der Waals surface area contributed by atoms with E-state index in [1.54, 1.807) is 6.07 Å². The molecule has 0 heterocycles. The highest BCUT2D eigenvalue weighted by Gasteiger charge is 2.17. The Kier molecular flexibility index (Phi) is 4.67. The van der Waals surface area contributed by atoms with Crippen LogP contribution < -0.4 is 4.90 Å². The molecule has 0 aliphatic heterocycles. The van der Waals surface area contributed by atoms with Crippen molar-refractivity contribution in [2.24, 2.45) is 0 Å². The summed E-state index contributed by atoms with van der Waals surface area (Å²) in [6.45, 7) is 4.18. The van der Waals surface area contributed by atoms with Crippen LogP contribution in [-0.2, 0) is 0 Å². The second-order valence-corrected chi connectivity index (χ2v) is 4.32. The molecule has 1 aromatic carbocycles. The number of nitro groups is 1. The summed E-state index contributed by atoms with van der Waals surface area (Å²) >= 11 is 0. The molecule has 0 saturated carbocycles. The number of rotatable bonds is 5. The molecule has 0 spiro atoms. The molecular weight excluding hydrogens is 230 g/mol. The summed E-state index contributed by atoms with van der Waals surface area (Å²) in [4.78, 5) is 12.4. The fourth-order valence-corrected chi connectivity index (χ4v) is 1.85. The standard InChI is InChI=1S/C13H17N3O2/c1-4-5-10(2)15(3)12-7-6-11(9-14)13(8-12)16(17)18/h6-8,10H,4-5H2,1-3H3. The highest BCUT2D eigenvalue weighted by atomic mass is 16.6. The zero-order chi connectivity index (χ0) is 13.7. The van der Waals surface area contributed by atoms with Crippen molar-refractivity contribution in [2.45, 2.75) is 32.7 Å². The minimum Gasteiger partial charge on any atom is -0.372 e. The van der Waals surface area contributed by atoms with Crippen LogP contribution in [0.4, 0.5) is 11.4 Å². The lowest BCUT2D eigenvalue weighted by molar-refractivity contribution is -0.385. The molecule has 0 fully saturated rings. The molecule has 1 rings (SSSR count). The summed E-state index contributed by atoms with van der Waals surface area (Å²) in [6.07, 6.45) is 2.08. The van der Waals surface area contributed by atoms with Crippen molar-refractivity contribution in [3.8, 4) is 6.07 Å². The van der Waals surface area contributed by atoms with Crippen LogP contribution in [0.15, 0.2) is 18.2 Å². The summed E-state index contributed by atoms with van der Waals surface area (Å²) in [7, 11) is 1.91. The second-order valence-electron chi connectivity index (χ2n) is 4.32. The van der Waals surface area contributed by atoms with Gasteiger partial charge in [0.1, 0.15) is 11.6 Å². The van der Waals surface area contributed by atoms with Gasteiger partial charge in [0.05, 0.1) is 4.92 Å². The lowest BCUT2D eigenvalue weighted by Gasteiger charge is -2.26. The SMILES string of the molecule is CCCC(C)N(C)c1ccc(C#N)c([N+](=O)[O-])c1. The number of nitrogens with zero attached hydrogens (tertiary/aromatic N) is 3. The highest BCUT2D eigenvalue weighted by molar-refractivity contribution is 5.60. The Balaban J connectivity index is 3.09. The minimum absolute atomic E-state index is 0.0975. The molecule has 0 aliphatic carbocycles. The van der Waals surface area contributed by atoms with Crippen molar-refractivity contribution in [3.63, 3.8) is 0 Å². The third-order valence-corrected chi connectivity index (χ3v) is 3.07. The van der Waals surface area contributed by atoms with Crippen molar-refractivity contribution in [1.29, 1.82) is 5.26 Å². The van der Waals surface area contributed by atoms with E-state index in [9.17, 15) is 10.1 Å². The van der Waals surface area contributed by atoms with Crippen LogP contribution in [-0.4, -0.2) is 18.0 Å². The second kappa shape index (κ2) is 6.01. The molecule has 96 valence electrons. The van der Waals surface area contributed by atoms with Crippen molar-refractivity contribution in [1.82, 2.24) is 0 Å². The first-order chi connectivity index (χ1) is 8.51. The number of anilines is 1. The van der Waals surface area contributed by atoms with E-state index in [-0.39, 0.29) is 11.3 Å². The van der Waals surface area contributed by atoms with E-state index in [2.05, 4.69) is 13.8 Å². The Morgan fingerprint density at radius 2 is 2.22 bits per heavy atom. The molecule has 1 unspecified atom stereocenters. The van der Waals surface area contributed by atoms with Gasteiger partial charge in [0.15, 0.2) is 0 Å². The van der Waals surface area contributed by atoms with Crippen LogP contribution in [0.3, 0.4) is 0 Å². The average Bonchev–Trinajstić information content (AvgIpc) is 2.37. The lowest BCUT2D eigenvalue weighted by atomic mass is 10.1. The van der Waals surface area contributed by atoms with Crippen molar-refractivity contribution in [2.75, 3.05) is 11.9 Å². The van der Waals surface area contributed by atoms with Gasteiger partial charge in [0.2, 0.25) is 0 Å². The van der Waals surface area contributed by atoms with Gasteiger partial charge in [-0.25, -0.2) is 0 Å². The average molecular weight is 247 g/mol. The monoisotopic (exact) mass is 247 g/mol.